The Morgan fingerprint density at radius 3 is 2.52 bits per heavy atom. The maximum atomic E-state index is 13.8. The van der Waals surface area contributed by atoms with Crippen molar-refractivity contribution < 1.29 is 4.39 Å². The molecule has 4 rings (SSSR count). The minimum atomic E-state index is -0.0948. The van der Waals surface area contributed by atoms with Gasteiger partial charge in [0.25, 0.3) is 0 Å². The van der Waals surface area contributed by atoms with E-state index in [1.807, 2.05) is 19.1 Å². The van der Waals surface area contributed by atoms with Crippen LogP contribution in [0.4, 0.5) is 10.2 Å². The fourth-order valence-electron chi connectivity index (χ4n) is 3.89. The standard InChI is InChI=1S/C18H21FN4/c1-13-6-18(21-12-20-13)23-10-15-8-22(9-16(15)11-23)7-14-4-2-3-5-17(14)19/h2-6,12,15-16H,7-11H2,1H3. The van der Waals surface area contributed by atoms with Crippen molar-refractivity contribution in [2.45, 2.75) is 13.5 Å². The van der Waals surface area contributed by atoms with Crippen molar-refractivity contribution in [3.63, 3.8) is 0 Å². The Bertz CT molecular complexity index is 691. The van der Waals surface area contributed by atoms with Gasteiger partial charge in [-0.2, -0.15) is 0 Å². The van der Waals surface area contributed by atoms with E-state index in [-0.39, 0.29) is 5.82 Å². The molecule has 1 aromatic carbocycles. The lowest BCUT2D eigenvalue weighted by Gasteiger charge is -2.22. The topological polar surface area (TPSA) is 32.3 Å². The molecule has 2 aromatic rings. The van der Waals surface area contributed by atoms with Gasteiger partial charge in [-0.05, 0) is 24.8 Å². The van der Waals surface area contributed by atoms with E-state index < -0.39 is 0 Å². The Morgan fingerprint density at radius 2 is 1.83 bits per heavy atom. The van der Waals surface area contributed by atoms with Gasteiger partial charge in [-0.3, -0.25) is 4.90 Å². The molecule has 23 heavy (non-hydrogen) atoms. The number of hydrogen-bond donors (Lipinski definition) is 0. The van der Waals surface area contributed by atoms with Crippen molar-refractivity contribution in [3.05, 3.63) is 53.7 Å². The molecular weight excluding hydrogens is 291 g/mol. The van der Waals surface area contributed by atoms with E-state index in [1.54, 1.807) is 18.5 Å². The van der Waals surface area contributed by atoms with Gasteiger partial charge < -0.3 is 4.90 Å². The normalized spacial score (nSPS) is 24.2. The van der Waals surface area contributed by atoms with Crippen LogP contribution >= 0.6 is 0 Å². The SMILES string of the molecule is Cc1cc(N2CC3CN(Cc4ccccc4F)CC3C2)ncn1. The van der Waals surface area contributed by atoms with E-state index in [9.17, 15) is 4.39 Å². The van der Waals surface area contributed by atoms with Crippen molar-refractivity contribution in [3.8, 4) is 0 Å². The molecule has 0 radical (unpaired) electrons. The van der Waals surface area contributed by atoms with Crippen LogP contribution in [0.15, 0.2) is 36.7 Å². The molecule has 0 N–H and O–H groups in total. The summed E-state index contributed by atoms with van der Waals surface area (Å²) in [6.45, 7) is 6.87. The second-order valence-electron chi connectivity index (χ2n) is 6.73. The Hall–Kier alpha value is -2.01. The number of benzene rings is 1. The summed E-state index contributed by atoms with van der Waals surface area (Å²) in [5.41, 5.74) is 1.81. The second-order valence-corrected chi connectivity index (χ2v) is 6.73. The van der Waals surface area contributed by atoms with Crippen molar-refractivity contribution in [1.82, 2.24) is 14.9 Å². The molecule has 0 bridgehead atoms. The summed E-state index contributed by atoms with van der Waals surface area (Å²) in [7, 11) is 0. The minimum absolute atomic E-state index is 0.0948. The van der Waals surface area contributed by atoms with Gasteiger partial charge in [-0.1, -0.05) is 18.2 Å². The average molecular weight is 312 g/mol. The van der Waals surface area contributed by atoms with E-state index >= 15 is 0 Å². The van der Waals surface area contributed by atoms with Crippen LogP contribution in [0.1, 0.15) is 11.3 Å². The molecule has 4 nitrogen and oxygen atoms in total. The van der Waals surface area contributed by atoms with Crippen LogP contribution in [0.25, 0.3) is 0 Å². The molecule has 0 aliphatic carbocycles. The smallest absolute Gasteiger partial charge is 0.132 e. The second kappa shape index (κ2) is 5.89. The fraction of sp³-hybridized carbons (Fsp3) is 0.444. The van der Waals surface area contributed by atoms with Gasteiger partial charge in [0.05, 0.1) is 0 Å². The van der Waals surface area contributed by atoms with Crippen LogP contribution in [0.5, 0.6) is 0 Å². The molecule has 2 unspecified atom stereocenters. The number of hydrogen-bond acceptors (Lipinski definition) is 4. The van der Waals surface area contributed by atoms with Crippen molar-refractivity contribution >= 4 is 5.82 Å². The summed E-state index contributed by atoms with van der Waals surface area (Å²) >= 11 is 0. The molecular formula is C18H21FN4. The lowest BCUT2D eigenvalue weighted by atomic mass is 10.0. The number of anilines is 1. The maximum absolute atomic E-state index is 13.8. The van der Waals surface area contributed by atoms with Crippen LogP contribution in [0, 0.1) is 24.6 Å². The number of nitrogens with zero attached hydrogens (tertiary/aromatic N) is 4. The third-order valence-corrected chi connectivity index (χ3v) is 5.03. The van der Waals surface area contributed by atoms with Gasteiger partial charge >= 0.3 is 0 Å². The minimum Gasteiger partial charge on any atom is -0.356 e. The highest BCUT2D eigenvalue weighted by Gasteiger charge is 2.40. The fourth-order valence-corrected chi connectivity index (χ4v) is 3.89. The molecule has 5 heteroatoms. The molecule has 2 atom stereocenters. The van der Waals surface area contributed by atoms with Crippen molar-refractivity contribution in [1.29, 1.82) is 0 Å². The molecule has 1 aromatic heterocycles. The Kier molecular flexibility index (Phi) is 3.73. The molecule has 2 saturated heterocycles. The lowest BCUT2D eigenvalue weighted by Crippen LogP contribution is -2.29. The highest BCUT2D eigenvalue weighted by molar-refractivity contribution is 5.40. The number of aryl methyl sites for hydroxylation is 1. The molecule has 2 aliphatic rings. The van der Waals surface area contributed by atoms with Gasteiger partial charge in [0.2, 0.25) is 0 Å². The first kappa shape index (κ1) is 14.6. The van der Waals surface area contributed by atoms with Gasteiger partial charge in [-0.25, -0.2) is 14.4 Å². The van der Waals surface area contributed by atoms with E-state index in [2.05, 4.69) is 25.8 Å². The van der Waals surface area contributed by atoms with E-state index in [1.165, 1.54) is 0 Å². The molecule has 2 fully saturated rings. The van der Waals surface area contributed by atoms with Crippen LogP contribution in [0.2, 0.25) is 0 Å². The number of aromatic nitrogens is 2. The first-order chi connectivity index (χ1) is 11.2. The van der Waals surface area contributed by atoms with Crippen LogP contribution in [-0.2, 0) is 6.54 Å². The molecule has 3 heterocycles. The quantitative estimate of drug-likeness (QED) is 0.872. The van der Waals surface area contributed by atoms with Gasteiger partial charge in [0.15, 0.2) is 0 Å². The van der Waals surface area contributed by atoms with E-state index in [0.29, 0.717) is 18.4 Å². The maximum Gasteiger partial charge on any atom is 0.132 e. The van der Waals surface area contributed by atoms with E-state index in [0.717, 1.165) is 43.3 Å². The number of halogens is 1. The highest BCUT2D eigenvalue weighted by atomic mass is 19.1. The summed E-state index contributed by atoms with van der Waals surface area (Å²) in [5, 5.41) is 0. The zero-order valence-corrected chi connectivity index (χ0v) is 13.3. The van der Waals surface area contributed by atoms with Crippen LogP contribution in [0.3, 0.4) is 0 Å². The van der Waals surface area contributed by atoms with E-state index in [4.69, 9.17) is 0 Å². The monoisotopic (exact) mass is 312 g/mol. The predicted octanol–water partition coefficient (Wildman–Crippen LogP) is 2.49. The molecule has 0 amide bonds. The first-order valence-electron chi connectivity index (χ1n) is 8.18. The van der Waals surface area contributed by atoms with Crippen molar-refractivity contribution in [2.75, 3.05) is 31.1 Å². The van der Waals surface area contributed by atoms with Gasteiger partial charge in [0, 0.05) is 50.0 Å². The van der Waals surface area contributed by atoms with Gasteiger partial charge in [0.1, 0.15) is 18.0 Å². The number of fused-ring (bicyclic) bond motifs is 1. The summed E-state index contributed by atoms with van der Waals surface area (Å²) in [6.07, 6.45) is 1.64. The Balaban J connectivity index is 1.39. The molecule has 0 saturated carbocycles. The summed E-state index contributed by atoms with van der Waals surface area (Å²) in [5.74, 6) is 2.24. The third kappa shape index (κ3) is 2.93. The zero-order valence-electron chi connectivity index (χ0n) is 13.3. The van der Waals surface area contributed by atoms with Crippen molar-refractivity contribution in [2.24, 2.45) is 11.8 Å². The zero-order chi connectivity index (χ0) is 15.8. The first-order valence-corrected chi connectivity index (χ1v) is 8.18. The predicted molar refractivity (Wildman–Crippen MR) is 87.6 cm³/mol. The number of rotatable bonds is 3. The molecule has 2 aliphatic heterocycles. The summed E-state index contributed by atoms with van der Waals surface area (Å²) in [4.78, 5) is 13.3. The van der Waals surface area contributed by atoms with Crippen LogP contribution in [-0.4, -0.2) is 41.0 Å². The lowest BCUT2D eigenvalue weighted by molar-refractivity contribution is 0.304. The highest BCUT2D eigenvalue weighted by Crippen LogP contribution is 2.34. The molecule has 120 valence electrons. The largest absolute Gasteiger partial charge is 0.356 e. The Morgan fingerprint density at radius 1 is 1.09 bits per heavy atom. The average Bonchev–Trinajstić information content (AvgIpc) is 3.08. The summed E-state index contributed by atoms with van der Waals surface area (Å²) in [6, 6.07) is 9.15. The number of likely N-dealkylation sites (tertiary alicyclic amines) is 1. The Labute approximate surface area is 136 Å². The van der Waals surface area contributed by atoms with Gasteiger partial charge in [-0.15, -0.1) is 0 Å². The third-order valence-electron chi connectivity index (χ3n) is 5.03. The molecule has 0 spiro atoms. The van der Waals surface area contributed by atoms with Crippen LogP contribution < -0.4 is 4.90 Å². The summed E-state index contributed by atoms with van der Waals surface area (Å²) < 4.78 is 13.8.